The van der Waals surface area contributed by atoms with Crippen LogP contribution in [-0.4, -0.2) is 11.0 Å². The van der Waals surface area contributed by atoms with Crippen molar-refractivity contribution in [3.05, 3.63) is 70.3 Å². The van der Waals surface area contributed by atoms with E-state index in [4.69, 9.17) is 12.2 Å². The van der Waals surface area contributed by atoms with Gasteiger partial charge in [0.25, 0.3) is 5.91 Å². The van der Waals surface area contributed by atoms with E-state index in [0.717, 1.165) is 15.7 Å². The van der Waals surface area contributed by atoms with E-state index in [2.05, 4.69) is 21.2 Å². The van der Waals surface area contributed by atoms with Crippen molar-refractivity contribution in [2.45, 2.75) is 0 Å². The lowest BCUT2D eigenvalue weighted by Gasteiger charge is -2.13. The third kappa shape index (κ3) is 2.89. The van der Waals surface area contributed by atoms with Crippen LogP contribution >= 0.6 is 28.1 Å². The summed E-state index contributed by atoms with van der Waals surface area (Å²) in [4.78, 5) is 14.0. The fraction of sp³-hybridized carbons (Fsp3) is 0. The molecule has 0 aromatic heterocycles. The van der Waals surface area contributed by atoms with Crippen LogP contribution in [-0.2, 0) is 4.79 Å². The first-order valence-electron chi connectivity index (χ1n) is 6.33. The molecule has 0 bridgehead atoms. The van der Waals surface area contributed by atoms with Crippen LogP contribution in [0.4, 0.5) is 5.69 Å². The molecule has 0 radical (unpaired) electrons. The molecule has 0 unspecified atom stereocenters. The van der Waals surface area contributed by atoms with E-state index in [0.29, 0.717) is 10.8 Å². The lowest BCUT2D eigenvalue weighted by atomic mass is 10.2. The van der Waals surface area contributed by atoms with E-state index in [1.54, 1.807) is 6.08 Å². The molecule has 1 aliphatic heterocycles. The minimum absolute atomic E-state index is 0.147. The minimum Gasteiger partial charge on any atom is -0.327 e. The summed E-state index contributed by atoms with van der Waals surface area (Å²) >= 11 is 8.68. The minimum atomic E-state index is -0.147. The Balaban J connectivity index is 1.94. The molecule has 0 aliphatic carbocycles. The third-order valence-electron chi connectivity index (χ3n) is 3.05. The van der Waals surface area contributed by atoms with Crippen LogP contribution in [0.3, 0.4) is 0 Å². The van der Waals surface area contributed by atoms with Gasteiger partial charge in [0.05, 0.1) is 5.69 Å². The number of nitrogens with zero attached hydrogens (tertiary/aromatic N) is 1. The number of anilines is 1. The number of benzene rings is 2. The summed E-state index contributed by atoms with van der Waals surface area (Å²) in [6.45, 7) is 0. The van der Waals surface area contributed by atoms with Crippen molar-refractivity contribution in [3.8, 4) is 0 Å². The first-order chi connectivity index (χ1) is 10.1. The standard InChI is InChI=1S/C16H11BrN2OS/c17-12-6-4-5-11(9-12)10-14-15(20)19(16(21)18-14)13-7-2-1-3-8-13/h1-10H,(H,18,21)/b14-10+. The summed E-state index contributed by atoms with van der Waals surface area (Å²) in [6, 6.07) is 17.1. The predicted octanol–water partition coefficient (Wildman–Crippen LogP) is 3.71. The largest absolute Gasteiger partial charge is 0.327 e. The Bertz CT molecular complexity index is 743. The first kappa shape index (κ1) is 14.0. The lowest BCUT2D eigenvalue weighted by Crippen LogP contribution is -2.30. The number of carbonyl (C=O) groups is 1. The molecule has 3 rings (SSSR count). The smallest absolute Gasteiger partial charge is 0.281 e. The number of hydrogen-bond acceptors (Lipinski definition) is 2. The Hall–Kier alpha value is -1.98. The van der Waals surface area contributed by atoms with Gasteiger partial charge in [0, 0.05) is 4.47 Å². The molecular weight excluding hydrogens is 348 g/mol. The second kappa shape index (κ2) is 5.79. The zero-order valence-corrected chi connectivity index (χ0v) is 13.3. The van der Waals surface area contributed by atoms with Gasteiger partial charge in [-0.15, -0.1) is 0 Å². The van der Waals surface area contributed by atoms with E-state index in [9.17, 15) is 4.79 Å². The van der Waals surface area contributed by atoms with Gasteiger partial charge >= 0.3 is 0 Å². The number of amides is 1. The summed E-state index contributed by atoms with van der Waals surface area (Å²) in [7, 11) is 0. The highest BCUT2D eigenvalue weighted by Crippen LogP contribution is 2.22. The molecule has 0 spiro atoms. The van der Waals surface area contributed by atoms with Crippen molar-refractivity contribution in [2.24, 2.45) is 0 Å². The van der Waals surface area contributed by atoms with Gasteiger partial charge in [0.2, 0.25) is 0 Å². The molecule has 3 nitrogen and oxygen atoms in total. The van der Waals surface area contributed by atoms with E-state index < -0.39 is 0 Å². The maximum absolute atomic E-state index is 12.5. The Morgan fingerprint density at radius 2 is 1.86 bits per heavy atom. The molecule has 1 saturated heterocycles. The second-order valence-corrected chi connectivity index (χ2v) is 5.82. The maximum Gasteiger partial charge on any atom is 0.281 e. The van der Waals surface area contributed by atoms with Crippen LogP contribution in [0, 0.1) is 0 Å². The van der Waals surface area contributed by atoms with E-state index in [1.165, 1.54) is 4.90 Å². The highest BCUT2D eigenvalue weighted by atomic mass is 79.9. The topological polar surface area (TPSA) is 32.3 Å². The number of para-hydroxylation sites is 1. The first-order valence-corrected chi connectivity index (χ1v) is 7.53. The third-order valence-corrected chi connectivity index (χ3v) is 3.83. The van der Waals surface area contributed by atoms with Gasteiger partial charge in [-0.05, 0) is 48.1 Å². The number of halogens is 1. The van der Waals surface area contributed by atoms with Crippen molar-refractivity contribution in [3.63, 3.8) is 0 Å². The van der Waals surface area contributed by atoms with Crippen LogP contribution in [0.15, 0.2) is 64.8 Å². The van der Waals surface area contributed by atoms with Crippen LogP contribution in [0.5, 0.6) is 0 Å². The summed E-state index contributed by atoms with van der Waals surface area (Å²) in [5, 5.41) is 3.37. The average molecular weight is 359 g/mol. The summed E-state index contributed by atoms with van der Waals surface area (Å²) in [6.07, 6.45) is 1.79. The van der Waals surface area contributed by atoms with E-state index in [-0.39, 0.29) is 5.91 Å². The van der Waals surface area contributed by atoms with Crippen LogP contribution in [0.2, 0.25) is 0 Å². The molecule has 0 atom stereocenters. The number of nitrogens with one attached hydrogen (secondary N) is 1. The van der Waals surface area contributed by atoms with Gasteiger partial charge in [-0.25, -0.2) is 0 Å². The average Bonchev–Trinajstić information content (AvgIpc) is 2.74. The Labute approximate surface area is 136 Å². The van der Waals surface area contributed by atoms with Crippen molar-refractivity contribution < 1.29 is 4.79 Å². The molecule has 1 amide bonds. The molecule has 2 aromatic rings. The highest BCUT2D eigenvalue weighted by molar-refractivity contribution is 9.10. The SMILES string of the molecule is O=C1/C(=C\c2cccc(Br)c2)NC(=S)N1c1ccccc1. The number of rotatable bonds is 2. The Morgan fingerprint density at radius 3 is 2.57 bits per heavy atom. The maximum atomic E-state index is 12.5. The normalized spacial score (nSPS) is 16.4. The molecule has 21 heavy (non-hydrogen) atoms. The highest BCUT2D eigenvalue weighted by Gasteiger charge is 2.31. The zero-order valence-electron chi connectivity index (χ0n) is 10.9. The molecule has 0 saturated carbocycles. The van der Waals surface area contributed by atoms with Crippen LogP contribution in [0.1, 0.15) is 5.56 Å². The molecule has 104 valence electrons. The Kier molecular flexibility index (Phi) is 3.86. The predicted molar refractivity (Wildman–Crippen MR) is 91.8 cm³/mol. The van der Waals surface area contributed by atoms with Gasteiger partial charge in [-0.2, -0.15) is 0 Å². The van der Waals surface area contributed by atoms with Gasteiger partial charge in [0.1, 0.15) is 5.70 Å². The van der Waals surface area contributed by atoms with Crippen molar-refractivity contribution >= 4 is 50.9 Å². The fourth-order valence-corrected chi connectivity index (χ4v) is 2.82. The number of carbonyl (C=O) groups excluding carboxylic acids is 1. The quantitative estimate of drug-likeness (QED) is 0.655. The summed E-state index contributed by atoms with van der Waals surface area (Å²) in [5.41, 5.74) is 2.16. The zero-order chi connectivity index (χ0) is 14.8. The molecular formula is C16H11BrN2OS. The van der Waals surface area contributed by atoms with Crippen LogP contribution < -0.4 is 10.2 Å². The molecule has 5 heteroatoms. The molecule has 1 N–H and O–H groups in total. The van der Waals surface area contributed by atoms with Crippen molar-refractivity contribution in [1.82, 2.24) is 5.32 Å². The molecule has 2 aromatic carbocycles. The van der Waals surface area contributed by atoms with Gasteiger partial charge in [-0.1, -0.05) is 46.3 Å². The second-order valence-electron chi connectivity index (χ2n) is 4.52. The lowest BCUT2D eigenvalue weighted by molar-refractivity contribution is -0.113. The van der Waals surface area contributed by atoms with Gasteiger partial charge < -0.3 is 5.32 Å². The van der Waals surface area contributed by atoms with Crippen molar-refractivity contribution in [1.29, 1.82) is 0 Å². The molecule has 1 fully saturated rings. The van der Waals surface area contributed by atoms with Gasteiger partial charge in [-0.3, -0.25) is 9.69 Å². The molecule has 1 heterocycles. The fourth-order valence-electron chi connectivity index (χ4n) is 2.11. The molecule has 1 aliphatic rings. The number of thiocarbonyl (C=S) groups is 1. The number of hydrogen-bond donors (Lipinski definition) is 1. The summed E-state index contributed by atoms with van der Waals surface area (Å²) < 4.78 is 0.963. The monoisotopic (exact) mass is 358 g/mol. The van der Waals surface area contributed by atoms with E-state index >= 15 is 0 Å². The van der Waals surface area contributed by atoms with E-state index in [1.807, 2.05) is 54.6 Å². The van der Waals surface area contributed by atoms with Gasteiger partial charge in [0.15, 0.2) is 5.11 Å². The van der Waals surface area contributed by atoms with Crippen LogP contribution in [0.25, 0.3) is 6.08 Å². The van der Waals surface area contributed by atoms with Crippen molar-refractivity contribution in [2.75, 3.05) is 4.90 Å². The Morgan fingerprint density at radius 1 is 1.10 bits per heavy atom. The summed E-state index contributed by atoms with van der Waals surface area (Å²) in [5.74, 6) is -0.147.